The van der Waals surface area contributed by atoms with Gasteiger partial charge in [0.05, 0.1) is 5.92 Å². The molecule has 2 N–H and O–H groups in total. The van der Waals surface area contributed by atoms with Crippen molar-refractivity contribution in [2.75, 3.05) is 6.54 Å². The third-order valence-electron chi connectivity index (χ3n) is 2.69. The summed E-state index contributed by atoms with van der Waals surface area (Å²) >= 11 is 3.26. The molecule has 1 aliphatic rings. The summed E-state index contributed by atoms with van der Waals surface area (Å²) in [5, 5.41) is 0. The quantitative estimate of drug-likeness (QED) is 0.871. The topological polar surface area (TPSA) is 26.0 Å². The minimum atomic E-state index is -2.61. The van der Waals surface area contributed by atoms with Crippen LogP contribution in [0.2, 0.25) is 0 Å². The van der Waals surface area contributed by atoms with Crippen molar-refractivity contribution >= 4 is 15.9 Å². The van der Waals surface area contributed by atoms with Crippen molar-refractivity contribution in [3.8, 4) is 0 Å². The molecule has 0 saturated heterocycles. The molecule has 0 bridgehead atoms. The SMILES string of the molecule is NC[C@H]1[C@@H](c2ccc(Br)cc2)C1(F)F. The van der Waals surface area contributed by atoms with E-state index < -0.39 is 17.8 Å². The zero-order chi connectivity index (χ0) is 10.3. The highest BCUT2D eigenvalue weighted by Gasteiger charge is 2.67. The van der Waals surface area contributed by atoms with Crippen LogP contribution in [-0.4, -0.2) is 12.5 Å². The zero-order valence-electron chi connectivity index (χ0n) is 7.38. The van der Waals surface area contributed by atoms with Crippen LogP contribution in [0.3, 0.4) is 0 Å². The van der Waals surface area contributed by atoms with Gasteiger partial charge in [-0.1, -0.05) is 28.1 Å². The lowest BCUT2D eigenvalue weighted by molar-refractivity contribution is 0.0947. The van der Waals surface area contributed by atoms with Crippen LogP contribution in [0.4, 0.5) is 8.78 Å². The van der Waals surface area contributed by atoms with Crippen molar-refractivity contribution in [2.24, 2.45) is 11.7 Å². The van der Waals surface area contributed by atoms with Gasteiger partial charge in [0.15, 0.2) is 0 Å². The van der Waals surface area contributed by atoms with Crippen LogP contribution in [-0.2, 0) is 0 Å². The molecule has 1 fully saturated rings. The summed E-state index contributed by atoms with van der Waals surface area (Å²) in [7, 11) is 0. The maximum atomic E-state index is 13.2. The lowest BCUT2D eigenvalue weighted by atomic mass is 10.1. The summed E-state index contributed by atoms with van der Waals surface area (Å²) in [4.78, 5) is 0. The normalized spacial score (nSPS) is 28.9. The predicted octanol–water partition coefficient (Wildman–Crippen LogP) is 2.76. The van der Waals surface area contributed by atoms with Crippen LogP contribution in [0.15, 0.2) is 28.7 Å². The minimum absolute atomic E-state index is 0.0493. The standard InChI is InChI=1S/C10H10BrF2N/c11-7-3-1-6(2-4-7)9-8(5-14)10(9,12)13/h1-4,8-9H,5,14H2/t8-,9+/m0/s1. The summed E-state index contributed by atoms with van der Waals surface area (Å²) in [5.41, 5.74) is 5.95. The van der Waals surface area contributed by atoms with Crippen LogP contribution in [0.1, 0.15) is 11.5 Å². The largest absolute Gasteiger partial charge is 0.330 e. The highest BCUT2D eigenvalue weighted by molar-refractivity contribution is 9.10. The first kappa shape index (κ1) is 10.1. The molecule has 4 heteroatoms. The Morgan fingerprint density at radius 1 is 1.29 bits per heavy atom. The second kappa shape index (κ2) is 3.28. The molecular formula is C10H10BrF2N. The predicted molar refractivity (Wildman–Crippen MR) is 54.4 cm³/mol. The van der Waals surface area contributed by atoms with Gasteiger partial charge in [0, 0.05) is 16.9 Å². The molecule has 1 nitrogen and oxygen atoms in total. The Morgan fingerprint density at radius 3 is 2.29 bits per heavy atom. The van der Waals surface area contributed by atoms with Gasteiger partial charge in [-0.05, 0) is 17.7 Å². The first-order valence-electron chi connectivity index (χ1n) is 4.40. The van der Waals surface area contributed by atoms with E-state index in [4.69, 9.17) is 5.73 Å². The first-order valence-corrected chi connectivity index (χ1v) is 5.20. The Kier molecular flexibility index (Phi) is 2.35. The van der Waals surface area contributed by atoms with E-state index in [2.05, 4.69) is 15.9 Å². The molecule has 2 rings (SSSR count). The van der Waals surface area contributed by atoms with Gasteiger partial charge in [0.1, 0.15) is 0 Å². The van der Waals surface area contributed by atoms with Gasteiger partial charge in [-0.15, -0.1) is 0 Å². The van der Waals surface area contributed by atoms with E-state index >= 15 is 0 Å². The summed E-state index contributed by atoms with van der Waals surface area (Å²) in [6.45, 7) is 0.0493. The number of hydrogen-bond acceptors (Lipinski definition) is 1. The fraction of sp³-hybridized carbons (Fsp3) is 0.400. The lowest BCUT2D eigenvalue weighted by Crippen LogP contribution is -2.06. The van der Waals surface area contributed by atoms with Crippen molar-refractivity contribution in [1.82, 2.24) is 0 Å². The Labute approximate surface area is 89.4 Å². The fourth-order valence-electron chi connectivity index (χ4n) is 1.81. The van der Waals surface area contributed by atoms with Crippen LogP contribution in [0, 0.1) is 5.92 Å². The molecule has 0 aromatic heterocycles. The number of hydrogen-bond donors (Lipinski definition) is 1. The summed E-state index contributed by atoms with van der Waals surface area (Å²) in [6.07, 6.45) is 0. The number of halogens is 3. The number of alkyl halides is 2. The van der Waals surface area contributed by atoms with Crippen molar-refractivity contribution in [3.05, 3.63) is 34.3 Å². The Bertz CT molecular complexity index is 336. The van der Waals surface area contributed by atoms with Gasteiger partial charge >= 0.3 is 0 Å². The van der Waals surface area contributed by atoms with Crippen molar-refractivity contribution in [1.29, 1.82) is 0 Å². The summed E-state index contributed by atoms with van der Waals surface area (Å²) in [6, 6.07) is 6.99. The van der Waals surface area contributed by atoms with Gasteiger partial charge in [0.25, 0.3) is 5.92 Å². The van der Waals surface area contributed by atoms with Gasteiger partial charge < -0.3 is 5.73 Å². The average Bonchev–Trinajstić information content (AvgIpc) is 2.69. The maximum absolute atomic E-state index is 13.2. The monoisotopic (exact) mass is 261 g/mol. The molecule has 0 aliphatic heterocycles. The molecule has 0 unspecified atom stereocenters. The van der Waals surface area contributed by atoms with Gasteiger partial charge in [-0.25, -0.2) is 8.78 Å². The van der Waals surface area contributed by atoms with E-state index in [1.54, 1.807) is 24.3 Å². The molecule has 0 amide bonds. The molecule has 1 aromatic rings. The van der Waals surface area contributed by atoms with Crippen LogP contribution >= 0.6 is 15.9 Å². The van der Waals surface area contributed by atoms with Crippen LogP contribution in [0.5, 0.6) is 0 Å². The second-order valence-electron chi connectivity index (χ2n) is 3.55. The Hall–Kier alpha value is -0.480. The van der Waals surface area contributed by atoms with E-state index in [-0.39, 0.29) is 6.54 Å². The molecule has 76 valence electrons. The summed E-state index contributed by atoms with van der Waals surface area (Å²) < 4.78 is 27.2. The molecule has 0 spiro atoms. The Morgan fingerprint density at radius 2 is 1.86 bits per heavy atom. The number of rotatable bonds is 2. The molecule has 14 heavy (non-hydrogen) atoms. The van der Waals surface area contributed by atoms with Crippen molar-refractivity contribution in [2.45, 2.75) is 11.8 Å². The third-order valence-corrected chi connectivity index (χ3v) is 3.21. The Balaban J connectivity index is 2.22. The molecule has 1 aliphatic carbocycles. The van der Waals surface area contributed by atoms with E-state index in [9.17, 15) is 8.78 Å². The maximum Gasteiger partial charge on any atom is 0.260 e. The number of benzene rings is 1. The fourth-order valence-corrected chi connectivity index (χ4v) is 2.07. The lowest BCUT2D eigenvalue weighted by Gasteiger charge is -1.98. The molecule has 0 radical (unpaired) electrons. The van der Waals surface area contributed by atoms with Gasteiger partial charge in [-0.2, -0.15) is 0 Å². The molecule has 2 atom stereocenters. The second-order valence-corrected chi connectivity index (χ2v) is 4.46. The molecule has 0 heterocycles. The van der Waals surface area contributed by atoms with E-state index in [1.807, 2.05) is 0 Å². The third kappa shape index (κ3) is 1.46. The zero-order valence-corrected chi connectivity index (χ0v) is 8.97. The van der Waals surface area contributed by atoms with E-state index in [0.29, 0.717) is 5.56 Å². The minimum Gasteiger partial charge on any atom is -0.330 e. The smallest absolute Gasteiger partial charge is 0.260 e. The average molecular weight is 262 g/mol. The molecule has 1 saturated carbocycles. The molecule has 1 aromatic carbocycles. The van der Waals surface area contributed by atoms with Gasteiger partial charge in [0.2, 0.25) is 0 Å². The number of nitrogens with two attached hydrogens (primary N) is 1. The first-order chi connectivity index (χ1) is 6.57. The van der Waals surface area contributed by atoms with Gasteiger partial charge in [-0.3, -0.25) is 0 Å². The van der Waals surface area contributed by atoms with Crippen LogP contribution in [0.25, 0.3) is 0 Å². The highest BCUT2D eigenvalue weighted by atomic mass is 79.9. The van der Waals surface area contributed by atoms with E-state index in [1.165, 1.54) is 0 Å². The van der Waals surface area contributed by atoms with E-state index in [0.717, 1.165) is 4.47 Å². The van der Waals surface area contributed by atoms with Crippen LogP contribution < -0.4 is 5.73 Å². The molecular weight excluding hydrogens is 252 g/mol. The van der Waals surface area contributed by atoms with Crippen molar-refractivity contribution in [3.63, 3.8) is 0 Å². The summed E-state index contributed by atoms with van der Waals surface area (Å²) in [5.74, 6) is -3.97. The highest BCUT2D eigenvalue weighted by Crippen LogP contribution is 2.60. The van der Waals surface area contributed by atoms with Crippen molar-refractivity contribution < 1.29 is 8.78 Å².